The van der Waals surface area contributed by atoms with Crippen molar-refractivity contribution in [3.05, 3.63) is 53.8 Å². The maximum absolute atomic E-state index is 14.0. The first-order chi connectivity index (χ1) is 11.4. The molecule has 0 saturated heterocycles. The zero-order valence-electron chi connectivity index (χ0n) is 13.6. The molecule has 24 heavy (non-hydrogen) atoms. The van der Waals surface area contributed by atoms with E-state index >= 15 is 0 Å². The van der Waals surface area contributed by atoms with Crippen LogP contribution in [0.5, 0.6) is 5.75 Å². The van der Waals surface area contributed by atoms with Gasteiger partial charge in [-0.1, -0.05) is 17.7 Å². The zero-order chi connectivity index (χ0) is 17.6. The third-order valence-corrected chi connectivity index (χ3v) is 4.66. The van der Waals surface area contributed by atoms with Gasteiger partial charge in [0.2, 0.25) is 0 Å². The van der Waals surface area contributed by atoms with Crippen LogP contribution in [-0.2, 0) is 14.8 Å². The smallest absolute Gasteiger partial charge is 0.261 e. The van der Waals surface area contributed by atoms with Crippen LogP contribution in [0.3, 0.4) is 0 Å². The molecule has 7 heteroatoms. The number of anilines is 1. The van der Waals surface area contributed by atoms with Gasteiger partial charge in [0.25, 0.3) is 10.0 Å². The van der Waals surface area contributed by atoms with Gasteiger partial charge >= 0.3 is 0 Å². The highest BCUT2D eigenvalue weighted by Crippen LogP contribution is 2.23. The summed E-state index contributed by atoms with van der Waals surface area (Å²) < 4.78 is 51.1. The maximum atomic E-state index is 14.0. The highest BCUT2D eigenvalue weighted by atomic mass is 32.2. The number of aryl methyl sites for hydroxylation is 1. The normalized spacial score (nSPS) is 11.3. The fourth-order valence-electron chi connectivity index (χ4n) is 2.00. The highest BCUT2D eigenvalue weighted by Gasteiger charge is 2.15. The van der Waals surface area contributed by atoms with Gasteiger partial charge < -0.3 is 9.47 Å². The molecule has 0 radical (unpaired) electrons. The second-order valence-corrected chi connectivity index (χ2v) is 6.94. The summed E-state index contributed by atoms with van der Waals surface area (Å²) >= 11 is 0. The van der Waals surface area contributed by atoms with Crippen molar-refractivity contribution in [1.29, 1.82) is 0 Å². The van der Waals surface area contributed by atoms with Gasteiger partial charge in [0.15, 0.2) is 11.6 Å². The van der Waals surface area contributed by atoms with E-state index in [1.807, 2.05) is 6.92 Å². The van der Waals surface area contributed by atoms with Crippen molar-refractivity contribution in [1.82, 2.24) is 0 Å². The summed E-state index contributed by atoms with van der Waals surface area (Å²) in [4.78, 5) is 0.119. The highest BCUT2D eigenvalue weighted by molar-refractivity contribution is 7.92. The standard InChI is InChI=1S/C17H20FNO4S/c1-13-4-7-15(8-5-13)24(20,21)19-14-6-9-17(16(18)12-14)23-11-3-10-22-2/h4-9,12,19H,3,10-11H2,1-2H3. The SMILES string of the molecule is COCCCOc1ccc(NS(=O)(=O)c2ccc(C)cc2)cc1F. The molecular weight excluding hydrogens is 333 g/mol. The van der Waals surface area contributed by atoms with Crippen molar-refractivity contribution < 1.29 is 22.3 Å². The minimum Gasteiger partial charge on any atom is -0.490 e. The zero-order valence-corrected chi connectivity index (χ0v) is 14.4. The lowest BCUT2D eigenvalue weighted by Crippen LogP contribution is -2.13. The first-order valence-electron chi connectivity index (χ1n) is 7.43. The van der Waals surface area contributed by atoms with E-state index in [4.69, 9.17) is 9.47 Å². The van der Waals surface area contributed by atoms with Crippen LogP contribution in [0.2, 0.25) is 0 Å². The Bertz CT molecular complexity index is 776. The van der Waals surface area contributed by atoms with Crippen LogP contribution in [0.15, 0.2) is 47.4 Å². The summed E-state index contributed by atoms with van der Waals surface area (Å²) in [6.45, 7) is 2.71. The summed E-state index contributed by atoms with van der Waals surface area (Å²) in [5, 5.41) is 0. The summed E-state index contributed by atoms with van der Waals surface area (Å²) in [7, 11) is -2.18. The first kappa shape index (κ1) is 18.2. The maximum Gasteiger partial charge on any atom is 0.261 e. The van der Waals surface area contributed by atoms with Crippen LogP contribution in [-0.4, -0.2) is 28.7 Å². The molecule has 0 heterocycles. The molecule has 5 nitrogen and oxygen atoms in total. The van der Waals surface area contributed by atoms with E-state index in [0.717, 1.165) is 11.6 Å². The van der Waals surface area contributed by atoms with Gasteiger partial charge in [0.1, 0.15) is 0 Å². The summed E-state index contributed by atoms with van der Waals surface area (Å²) in [5.74, 6) is -0.555. The summed E-state index contributed by atoms with van der Waals surface area (Å²) in [6.07, 6.45) is 0.637. The molecule has 0 saturated carbocycles. The molecular formula is C17H20FNO4S. The number of halogens is 1. The Morgan fingerprint density at radius 3 is 2.42 bits per heavy atom. The number of nitrogens with one attached hydrogen (secondary N) is 1. The Labute approximate surface area is 141 Å². The minimum absolute atomic E-state index is 0.0735. The van der Waals surface area contributed by atoms with Crippen molar-refractivity contribution in [3.8, 4) is 5.75 Å². The average molecular weight is 353 g/mol. The predicted molar refractivity (Wildman–Crippen MR) is 90.4 cm³/mol. The molecule has 1 N–H and O–H groups in total. The average Bonchev–Trinajstić information content (AvgIpc) is 2.53. The molecule has 130 valence electrons. The van der Waals surface area contributed by atoms with Gasteiger partial charge in [-0.05, 0) is 31.2 Å². The van der Waals surface area contributed by atoms with E-state index in [2.05, 4.69) is 4.72 Å². The van der Waals surface area contributed by atoms with Crippen molar-refractivity contribution >= 4 is 15.7 Å². The number of benzene rings is 2. The van der Waals surface area contributed by atoms with Crippen LogP contribution in [0.4, 0.5) is 10.1 Å². The number of hydrogen-bond acceptors (Lipinski definition) is 4. The molecule has 0 unspecified atom stereocenters. The molecule has 0 aliphatic heterocycles. The lowest BCUT2D eigenvalue weighted by Gasteiger charge is -2.11. The van der Waals surface area contributed by atoms with Gasteiger partial charge in [0, 0.05) is 26.2 Å². The van der Waals surface area contributed by atoms with Crippen LogP contribution < -0.4 is 9.46 Å². The van der Waals surface area contributed by atoms with Crippen LogP contribution in [0, 0.1) is 12.7 Å². The van der Waals surface area contributed by atoms with E-state index in [1.54, 1.807) is 19.2 Å². The molecule has 0 aliphatic rings. The molecule has 0 fully saturated rings. The number of ether oxygens (including phenoxy) is 2. The molecule has 0 aliphatic carbocycles. The topological polar surface area (TPSA) is 64.6 Å². The van der Waals surface area contributed by atoms with Crippen molar-refractivity contribution in [2.45, 2.75) is 18.2 Å². The number of sulfonamides is 1. The third kappa shape index (κ3) is 4.94. The van der Waals surface area contributed by atoms with Gasteiger partial charge in [-0.2, -0.15) is 0 Å². The minimum atomic E-state index is -3.76. The fourth-order valence-corrected chi connectivity index (χ4v) is 3.05. The number of rotatable bonds is 8. The number of methoxy groups -OCH3 is 1. The molecule has 0 bridgehead atoms. The van der Waals surface area contributed by atoms with Crippen molar-refractivity contribution in [2.75, 3.05) is 25.0 Å². The van der Waals surface area contributed by atoms with Crippen LogP contribution >= 0.6 is 0 Å². The van der Waals surface area contributed by atoms with E-state index in [1.165, 1.54) is 24.3 Å². The van der Waals surface area contributed by atoms with E-state index < -0.39 is 15.8 Å². The molecule has 0 amide bonds. The molecule has 0 spiro atoms. The molecule has 2 rings (SSSR count). The second-order valence-electron chi connectivity index (χ2n) is 5.26. The van der Waals surface area contributed by atoms with Gasteiger partial charge in [-0.25, -0.2) is 12.8 Å². The van der Waals surface area contributed by atoms with Crippen LogP contribution in [0.25, 0.3) is 0 Å². The molecule has 2 aromatic rings. The Hall–Kier alpha value is -2.12. The van der Waals surface area contributed by atoms with Crippen molar-refractivity contribution in [2.24, 2.45) is 0 Å². The fraction of sp³-hybridized carbons (Fsp3) is 0.294. The quantitative estimate of drug-likeness (QED) is 0.739. The van der Waals surface area contributed by atoms with Gasteiger partial charge in [-0.15, -0.1) is 0 Å². The van der Waals surface area contributed by atoms with Crippen molar-refractivity contribution in [3.63, 3.8) is 0 Å². The molecule has 0 aromatic heterocycles. The van der Waals surface area contributed by atoms with Gasteiger partial charge in [-0.3, -0.25) is 4.72 Å². The Kier molecular flexibility index (Phi) is 6.16. The summed E-state index contributed by atoms with van der Waals surface area (Å²) in [5.41, 5.74) is 1.09. The van der Waals surface area contributed by atoms with Gasteiger partial charge in [0.05, 0.1) is 17.2 Å². The lowest BCUT2D eigenvalue weighted by molar-refractivity contribution is 0.170. The Balaban J connectivity index is 2.07. The third-order valence-electron chi connectivity index (χ3n) is 3.27. The Morgan fingerprint density at radius 2 is 1.79 bits per heavy atom. The Morgan fingerprint density at radius 1 is 1.08 bits per heavy atom. The predicted octanol–water partition coefficient (Wildman–Crippen LogP) is 3.35. The molecule has 0 atom stereocenters. The molecule has 2 aromatic carbocycles. The monoisotopic (exact) mass is 353 g/mol. The van der Waals surface area contributed by atoms with E-state index in [9.17, 15) is 12.8 Å². The van der Waals surface area contributed by atoms with Crippen LogP contribution in [0.1, 0.15) is 12.0 Å². The largest absolute Gasteiger partial charge is 0.490 e. The summed E-state index contributed by atoms with van der Waals surface area (Å²) in [6, 6.07) is 10.4. The first-order valence-corrected chi connectivity index (χ1v) is 8.91. The second kappa shape index (κ2) is 8.12. The lowest BCUT2D eigenvalue weighted by atomic mass is 10.2. The van der Waals surface area contributed by atoms with E-state index in [-0.39, 0.29) is 16.3 Å². The number of hydrogen-bond donors (Lipinski definition) is 1. The van der Waals surface area contributed by atoms with E-state index in [0.29, 0.717) is 19.6 Å².